The summed E-state index contributed by atoms with van der Waals surface area (Å²) in [7, 11) is 0. The number of β-amino-alcohol motifs (C(OH)–C–C–N with tert-alkyl or cyclic N) is 1. The molecule has 1 saturated heterocycles. The molecule has 6 rings (SSSR count). The van der Waals surface area contributed by atoms with Crippen molar-refractivity contribution in [1.29, 1.82) is 0 Å². The van der Waals surface area contributed by atoms with E-state index in [1.165, 1.54) is 11.1 Å². The predicted molar refractivity (Wildman–Crippen MR) is 158 cm³/mol. The molecule has 1 atom stereocenters. The lowest BCUT2D eigenvalue weighted by molar-refractivity contribution is 0.0538. The Hall–Kier alpha value is -3.58. The Labute approximate surface area is 233 Å². The third-order valence-electron chi connectivity index (χ3n) is 7.58. The molecule has 0 amide bonds. The van der Waals surface area contributed by atoms with Crippen molar-refractivity contribution in [3.8, 4) is 16.5 Å². The molecule has 0 bridgehead atoms. The van der Waals surface area contributed by atoms with Gasteiger partial charge in [0.05, 0.1) is 15.9 Å². The SMILES string of the molecule is OC(COc1ccc2sc(-c3ccccn3)nc2c1)CN1CCC(C(c2ccccc2)c2ccccc2)CC1. The molecular weight excluding hydrogens is 502 g/mol. The number of aliphatic hydroxyl groups excluding tert-OH is 1. The van der Waals surface area contributed by atoms with Crippen molar-refractivity contribution in [2.24, 2.45) is 5.92 Å². The maximum atomic E-state index is 10.8. The van der Waals surface area contributed by atoms with Gasteiger partial charge in [-0.3, -0.25) is 4.98 Å². The number of fused-ring (bicyclic) bond motifs is 1. The Morgan fingerprint density at radius 3 is 2.23 bits per heavy atom. The fourth-order valence-electron chi connectivity index (χ4n) is 5.67. The maximum Gasteiger partial charge on any atom is 0.143 e. The van der Waals surface area contributed by atoms with Gasteiger partial charge in [-0.25, -0.2) is 4.98 Å². The van der Waals surface area contributed by atoms with Gasteiger partial charge in [0, 0.05) is 24.7 Å². The summed E-state index contributed by atoms with van der Waals surface area (Å²) in [6.45, 7) is 2.86. The summed E-state index contributed by atoms with van der Waals surface area (Å²) in [5.74, 6) is 1.72. The van der Waals surface area contributed by atoms with Crippen LogP contribution in [-0.2, 0) is 0 Å². The topological polar surface area (TPSA) is 58.5 Å². The maximum absolute atomic E-state index is 10.8. The van der Waals surface area contributed by atoms with Crippen LogP contribution in [0.3, 0.4) is 0 Å². The Balaban J connectivity index is 1.03. The van der Waals surface area contributed by atoms with E-state index in [9.17, 15) is 5.11 Å². The second-order valence-electron chi connectivity index (χ2n) is 10.3. The number of aliphatic hydroxyl groups is 1. The number of thiazole rings is 1. The first-order valence-electron chi connectivity index (χ1n) is 13.7. The fraction of sp³-hybridized carbons (Fsp3) is 0.273. The number of ether oxygens (including phenoxy) is 1. The number of aromatic nitrogens is 2. The van der Waals surface area contributed by atoms with Crippen LogP contribution in [0.5, 0.6) is 5.75 Å². The zero-order chi connectivity index (χ0) is 26.4. The van der Waals surface area contributed by atoms with Crippen LogP contribution in [-0.4, -0.2) is 52.3 Å². The molecule has 39 heavy (non-hydrogen) atoms. The van der Waals surface area contributed by atoms with Gasteiger partial charge in [0.2, 0.25) is 0 Å². The van der Waals surface area contributed by atoms with Crippen molar-refractivity contribution in [3.63, 3.8) is 0 Å². The molecule has 3 heterocycles. The van der Waals surface area contributed by atoms with E-state index >= 15 is 0 Å². The van der Waals surface area contributed by atoms with Crippen LogP contribution in [0, 0.1) is 5.92 Å². The minimum Gasteiger partial charge on any atom is -0.491 e. The number of likely N-dealkylation sites (tertiary alicyclic amines) is 1. The van der Waals surface area contributed by atoms with Crippen LogP contribution < -0.4 is 4.74 Å². The standard InChI is InChI=1S/C33H33N3O2S/c37-27(23-38-28-14-15-31-30(21-28)35-33(39-31)29-13-7-8-18-34-29)22-36-19-16-26(17-20-36)32(24-9-3-1-4-10-24)25-11-5-2-6-12-25/h1-15,18,21,26-27,32,37H,16-17,19-20,22-23H2. The highest BCUT2D eigenvalue weighted by atomic mass is 32.1. The number of pyridine rings is 1. The van der Waals surface area contributed by atoms with Gasteiger partial charge in [-0.05, 0) is 67.2 Å². The van der Waals surface area contributed by atoms with Crippen molar-refractivity contribution < 1.29 is 9.84 Å². The van der Waals surface area contributed by atoms with E-state index in [1.807, 2.05) is 36.4 Å². The average molecular weight is 536 g/mol. The molecule has 198 valence electrons. The summed E-state index contributed by atoms with van der Waals surface area (Å²) in [5.41, 5.74) is 4.54. The minimum absolute atomic E-state index is 0.263. The summed E-state index contributed by atoms with van der Waals surface area (Å²) in [4.78, 5) is 11.5. The molecule has 1 fully saturated rings. The molecule has 1 unspecified atom stereocenters. The first-order chi connectivity index (χ1) is 19.2. The normalized spacial score (nSPS) is 15.5. The van der Waals surface area contributed by atoms with Crippen LogP contribution in [0.25, 0.3) is 20.9 Å². The minimum atomic E-state index is -0.546. The van der Waals surface area contributed by atoms with Crippen molar-refractivity contribution in [1.82, 2.24) is 14.9 Å². The highest BCUT2D eigenvalue weighted by molar-refractivity contribution is 7.21. The zero-order valence-electron chi connectivity index (χ0n) is 21.9. The molecule has 1 aliphatic rings. The molecule has 1 aliphatic heterocycles. The van der Waals surface area contributed by atoms with E-state index < -0.39 is 6.10 Å². The molecule has 3 aromatic carbocycles. The molecule has 0 radical (unpaired) electrons. The Kier molecular flexibility index (Phi) is 7.95. The van der Waals surface area contributed by atoms with E-state index in [0.717, 1.165) is 52.6 Å². The summed E-state index contributed by atoms with van der Waals surface area (Å²) in [6, 6.07) is 33.5. The molecule has 1 N–H and O–H groups in total. The van der Waals surface area contributed by atoms with Crippen LogP contribution >= 0.6 is 11.3 Å². The van der Waals surface area contributed by atoms with Crippen molar-refractivity contribution in [3.05, 3.63) is 114 Å². The Bertz CT molecular complexity index is 1430. The van der Waals surface area contributed by atoms with Crippen molar-refractivity contribution in [2.45, 2.75) is 24.9 Å². The molecule has 5 nitrogen and oxygen atoms in total. The lowest BCUT2D eigenvalue weighted by Gasteiger charge is -2.37. The van der Waals surface area contributed by atoms with Crippen LogP contribution in [0.2, 0.25) is 0 Å². The number of benzene rings is 3. The molecule has 2 aromatic heterocycles. The lowest BCUT2D eigenvalue weighted by Crippen LogP contribution is -2.41. The number of hydrogen-bond acceptors (Lipinski definition) is 6. The van der Waals surface area contributed by atoms with Gasteiger partial charge in [0.15, 0.2) is 0 Å². The first kappa shape index (κ1) is 25.7. The van der Waals surface area contributed by atoms with Gasteiger partial charge < -0.3 is 14.7 Å². The summed E-state index contributed by atoms with van der Waals surface area (Å²) < 4.78 is 7.07. The van der Waals surface area contributed by atoms with Gasteiger partial charge >= 0.3 is 0 Å². The average Bonchev–Trinajstić information content (AvgIpc) is 3.42. The second kappa shape index (κ2) is 12.1. The number of hydrogen-bond donors (Lipinski definition) is 1. The van der Waals surface area contributed by atoms with Gasteiger partial charge in [-0.15, -0.1) is 11.3 Å². The summed E-state index contributed by atoms with van der Waals surface area (Å²) in [5, 5.41) is 11.7. The zero-order valence-corrected chi connectivity index (χ0v) is 22.7. The van der Waals surface area contributed by atoms with E-state index in [4.69, 9.17) is 9.72 Å². The lowest BCUT2D eigenvalue weighted by atomic mass is 9.76. The van der Waals surface area contributed by atoms with E-state index in [0.29, 0.717) is 18.4 Å². The molecule has 0 spiro atoms. The van der Waals surface area contributed by atoms with E-state index in [2.05, 4.69) is 70.5 Å². The summed E-state index contributed by atoms with van der Waals surface area (Å²) >= 11 is 1.62. The highest BCUT2D eigenvalue weighted by Gasteiger charge is 2.29. The molecule has 6 heteroatoms. The number of nitrogens with zero attached hydrogens (tertiary/aromatic N) is 3. The van der Waals surface area contributed by atoms with E-state index in [1.54, 1.807) is 17.5 Å². The van der Waals surface area contributed by atoms with Crippen molar-refractivity contribution >= 4 is 21.6 Å². The Morgan fingerprint density at radius 2 is 1.56 bits per heavy atom. The molecule has 0 aliphatic carbocycles. The third-order valence-corrected chi connectivity index (χ3v) is 8.63. The second-order valence-corrected chi connectivity index (χ2v) is 11.3. The number of piperidine rings is 1. The third kappa shape index (κ3) is 6.19. The van der Waals surface area contributed by atoms with E-state index in [-0.39, 0.29) is 6.61 Å². The fourth-order valence-corrected chi connectivity index (χ4v) is 6.59. The molecule has 0 saturated carbocycles. The predicted octanol–water partition coefficient (Wildman–Crippen LogP) is 6.64. The number of rotatable bonds is 9. The van der Waals surface area contributed by atoms with Gasteiger partial charge in [0.25, 0.3) is 0 Å². The first-order valence-corrected chi connectivity index (χ1v) is 14.5. The monoisotopic (exact) mass is 535 g/mol. The largest absolute Gasteiger partial charge is 0.491 e. The quantitative estimate of drug-likeness (QED) is 0.229. The van der Waals surface area contributed by atoms with Gasteiger partial charge in [-0.2, -0.15) is 0 Å². The van der Waals surface area contributed by atoms with Crippen LogP contribution in [0.4, 0.5) is 0 Å². The highest BCUT2D eigenvalue weighted by Crippen LogP contribution is 2.38. The van der Waals surface area contributed by atoms with Gasteiger partial charge in [0.1, 0.15) is 23.5 Å². The van der Waals surface area contributed by atoms with Gasteiger partial charge in [-0.1, -0.05) is 66.7 Å². The smallest absolute Gasteiger partial charge is 0.143 e. The Morgan fingerprint density at radius 1 is 0.872 bits per heavy atom. The summed E-state index contributed by atoms with van der Waals surface area (Å²) in [6.07, 6.45) is 3.46. The van der Waals surface area contributed by atoms with Crippen molar-refractivity contribution in [2.75, 3.05) is 26.2 Å². The molecular formula is C33H33N3O2S. The van der Waals surface area contributed by atoms with Crippen LogP contribution in [0.15, 0.2) is 103 Å². The molecule has 5 aromatic rings. The van der Waals surface area contributed by atoms with Crippen LogP contribution in [0.1, 0.15) is 29.9 Å².